The van der Waals surface area contributed by atoms with Gasteiger partial charge in [0.05, 0.1) is 16.7 Å². The van der Waals surface area contributed by atoms with Crippen LogP contribution in [0.1, 0.15) is 0 Å². The van der Waals surface area contributed by atoms with Gasteiger partial charge >= 0.3 is 0 Å². The minimum Gasteiger partial charge on any atom is -0.310 e. The van der Waals surface area contributed by atoms with Crippen LogP contribution in [0.4, 0.5) is 17.1 Å². The van der Waals surface area contributed by atoms with Crippen molar-refractivity contribution in [3.63, 3.8) is 0 Å². The van der Waals surface area contributed by atoms with Crippen molar-refractivity contribution in [3.05, 3.63) is 231 Å². The van der Waals surface area contributed by atoms with Crippen LogP contribution in [0.15, 0.2) is 231 Å². The maximum absolute atomic E-state index is 2.43. The molecule has 9 aromatic carbocycles. The molecule has 0 saturated carbocycles. The van der Waals surface area contributed by atoms with Gasteiger partial charge in [-0.25, -0.2) is 0 Å². The number of rotatable bonds is 8. The number of para-hydroxylation sites is 2. The van der Waals surface area contributed by atoms with E-state index in [1.54, 1.807) is 0 Å². The first-order valence-electron chi connectivity index (χ1n) is 19.2. The summed E-state index contributed by atoms with van der Waals surface area (Å²) < 4.78 is 2.43. The van der Waals surface area contributed by atoms with Gasteiger partial charge in [-0.15, -0.1) is 0 Å². The standard InChI is InChI=1S/C54H38N2/c1-5-17-39(18-6-1)41-31-33-46(34-32-41)55(51-29-14-13-27-48(51)42-21-9-3-10-22-42)47-35-36-50-53(38-47)56(45-25-11-4-12-26-45)52-30-16-28-49(54(50)52)44-24-15-23-43(37-44)40-19-7-2-8-20-40/h1-38H. The Morgan fingerprint density at radius 3 is 1.54 bits per heavy atom. The van der Waals surface area contributed by atoms with Gasteiger partial charge in [-0.1, -0.05) is 176 Å². The predicted octanol–water partition coefficient (Wildman–Crippen LogP) is 14.9. The Balaban J connectivity index is 1.21. The molecule has 0 amide bonds. The molecule has 0 fully saturated rings. The Morgan fingerprint density at radius 1 is 0.304 bits per heavy atom. The molecule has 0 aliphatic heterocycles. The number of hydrogen-bond donors (Lipinski definition) is 0. The van der Waals surface area contributed by atoms with E-state index in [0.717, 1.165) is 28.3 Å². The van der Waals surface area contributed by atoms with Gasteiger partial charge in [-0.3, -0.25) is 0 Å². The molecule has 0 aliphatic rings. The first-order chi connectivity index (χ1) is 27.8. The minimum absolute atomic E-state index is 1.08. The lowest BCUT2D eigenvalue weighted by molar-refractivity contribution is 1.18. The van der Waals surface area contributed by atoms with Crippen LogP contribution in [0.3, 0.4) is 0 Å². The van der Waals surface area contributed by atoms with Crippen molar-refractivity contribution in [3.8, 4) is 50.2 Å². The van der Waals surface area contributed by atoms with Gasteiger partial charge in [-0.05, 0) is 93.5 Å². The Labute approximate surface area is 327 Å². The molecule has 0 spiro atoms. The van der Waals surface area contributed by atoms with Crippen LogP contribution >= 0.6 is 0 Å². The molecule has 264 valence electrons. The minimum atomic E-state index is 1.08. The zero-order valence-electron chi connectivity index (χ0n) is 30.8. The highest BCUT2D eigenvalue weighted by molar-refractivity contribution is 6.16. The lowest BCUT2D eigenvalue weighted by atomic mass is 9.96. The van der Waals surface area contributed by atoms with Crippen LogP contribution in [0.25, 0.3) is 72.0 Å². The summed E-state index contributed by atoms with van der Waals surface area (Å²) in [6.45, 7) is 0. The van der Waals surface area contributed by atoms with E-state index < -0.39 is 0 Å². The van der Waals surface area contributed by atoms with Crippen molar-refractivity contribution in [2.45, 2.75) is 0 Å². The second-order valence-electron chi connectivity index (χ2n) is 14.2. The molecular formula is C54H38N2. The van der Waals surface area contributed by atoms with E-state index in [4.69, 9.17) is 0 Å². The zero-order chi connectivity index (χ0) is 37.3. The molecule has 2 nitrogen and oxygen atoms in total. The molecule has 0 saturated heterocycles. The highest BCUT2D eigenvalue weighted by atomic mass is 15.1. The van der Waals surface area contributed by atoms with E-state index in [0.29, 0.717) is 0 Å². The summed E-state index contributed by atoms with van der Waals surface area (Å²) in [6.07, 6.45) is 0. The summed E-state index contributed by atoms with van der Waals surface area (Å²) in [5, 5.41) is 2.45. The van der Waals surface area contributed by atoms with Crippen LogP contribution in [0.2, 0.25) is 0 Å². The van der Waals surface area contributed by atoms with E-state index >= 15 is 0 Å². The van der Waals surface area contributed by atoms with Gasteiger partial charge in [0.1, 0.15) is 0 Å². The summed E-state index contributed by atoms with van der Waals surface area (Å²) in [6, 6.07) is 83.0. The number of fused-ring (bicyclic) bond motifs is 3. The van der Waals surface area contributed by atoms with Crippen LogP contribution in [-0.2, 0) is 0 Å². The third-order valence-corrected chi connectivity index (χ3v) is 10.8. The fourth-order valence-corrected chi connectivity index (χ4v) is 8.18. The van der Waals surface area contributed by atoms with Crippen LogP contribution in [0.5, 0.6) is 0 Å². The van der Waals surface area contributed by atoms with Crippen molar-refractivity contribution in [1.29, 1.82) is 0 Å². The maximum atomic E-state index is 2.43. The molecule has 0 atom stereocenters. The average molecular weight is 715 g/mol. The van der Waals surface area contributed by atoms with Crippen molar-refractivity contribution in [2.75, 3.05) is 4.90 Å². The van der Waals surface area contributed by atoms with Gasteiger partial charge in [0.15, 0.2) is 0 Å². The van der Waals surface area contributed by atoms with Gasteiger partial charge < -0.3 is 9.47 Å². The van der Waals surface area contributed by atoms with Gasteiger partial charge in [0.25, 0.3) is 0 Å². The predicted molar refractivity (Wildman–Crippen MR) is 237 cm³/mol. The summed E-state index contributed by atoms with van der Waals surface area (Å²) >= 11 is 0. The molecule has 2 heteroatoms. The number of aromatic nitrogens is 1. The molecule has 1 heterocycles. The van der Waals surface area contributed by atoms with E-state index in [2.05, 4.69) is 240 Å². The zero-order valence-corrected chi connectivity index (χ0v) is 30.8. The molecular weight excluding hydrogens is 677 g/mol. The molecule has 56 heavy (non-hydrogen) atoms. The van der Waals surface area contributed by atoms with Crippen molar-refractivity contribution in [1.82, 2.24) is 4.57 Å². The molecule has 0 bridgehead atoms. The summed E-state index contributed by atoms with van der Waals surface area (Å²) in [5.74, 6) is 0. The average Bonchev–Trinajstić information content (AvgIpc) is 3.62. The Bertz CT molecular complexity index is 2930. The second-order valence-corrected chi connectivity index (χ2v) is 14.2. The number of anilines is 3. The third-order valence-electron chi connectivity index (χ3n) is 10.8. The molecule has 0 aliphatic carbocycles. The largest absolute Gasteiger partial charge is 0.310 e. The highest BCUT2D eigenvalue weighted by Crippen LogP contribution is 2.45. The summed E-state index contributed by atoms with van der Waals surface area (Å²) in [7, 11) is 0. The van der Waals surface area contributed by atoms with Gasteiger partial charge in [0, 0.05) is 33.4 Å². The lowest BCUT2D eigenvalue weighted by Crippen LogP contribution is -2.11. The monoisotopic (exact) mass is 714 g/mol. The Kier molecular flexibility index (Phi) is 8.55. The van der Waals surface area contributed by atoms with Crippen LogP contribution in [0, 0.1) is 0 Å². The molecule has 0 unspecified atom stereocenters. The maximum Gasteiger partial charge on any atom is 0.0562 e. The first kappa shape index (κ1) is 33.2. The number of hydrogen-bond acceptors (Lipinski definition) is 1. The Hall–Kier alpha value is -7.42. The molecule has 10 rings (SSSR count). The number of nitrogens with zero attached hydrogens (tertiary/aromatic N) is 2. The highest BCUT2D eigenvalue weighted by Gasteiger charge is 2.21. The fraction of sp³-hybridized carbons (Fsp3) is 0. The quantitative estimate of drug-likeness (QED) is 0.152. The number of benzene rings is 9. The fourth-order valence-electron chi connectivity index (χ4n) is 8.18. The SMILES string of the molecule is c1ccc(-c2ccc(N(c3ccc4c5c(-c6cccc(-c7ccccc7)c6)cccc5n(-c5ccccc5)c4c3)c3ccccc3-c3ccccc3)cc2)cc1. The topological polar surface area (TPSA) is 8.17 Å². The Morgan fingerprint density at radius 2 is 0.821 bits per heavy atom. The van der Waals surface area contributed by atoms with E-state index in [-0.39, 0.29) is 0 Å². The lowest BCUT2D eigenvalue weighted by Gasteiger charge is -2.28. The van der Waals surface area contributed by atoms with Crippen molar-refractivity contribution in [2.24, 2.45) is 0 Å². The van der Waals surface area contributed by atoms with Crippen molar-refractivity contribution >= 4 is 38.9 Å². The van der Waals surface area contributed by atoms with E-state index in [1.807, 2.05) is 0 Å². The summed E-state index contributed by atoms with van der Waals surface area (Å²) in [5.41, 5.74) is 16.3. The van der Waals surface area contributed by atoms with Crippen LogP contribution < -0.4 is 4.90 Å². The molecule has 10 aromatic rings. The third kappa shape index (κ3) is 6.04. The molecule has 0 N–H and O–H groups in total. The van der Waals surface area contributed by atoms with Crippen molar-refractivity contribution < 1.29 is 0 Å². The van der Waals surface area contributed by atoms with E-state index in [9.17, 15) is 0 Å². The molecule has 1 aromatic heterocycles. The summed E-state index contributed by atoms with van der Waals surface area (Å²) in [4.78, 5) is 2.41. The molecule has 0 radical (unpaired) electrons. The van der Waals surface area contributed by atoms with Gasteiger partial charge in [0.2, 0.25) is 0 Å². The smallest absolute Gasteiger partial charge is 0.0562 e. The first-order valence-corrected chi connectivity index (χ1v) is 19.2. The second kappa shape index (κ2) is 14.4. The normalized spacial score (nSPS) is 11.2. The van der Waals surface area contributed by atoms with Gasteiger partial charge in [-0.2, -0.15) is 0 Å². The van der Waals surface area contributed by atoms with Crippen LogP contribution in [-0.4, -0.2) is 4.57 Å². The van der Waals surface area contributed by atoms with E-state index in [1.165, 1.54) is 60.8 Å².